The Kier molecular flexibility index (Phi) is 5.64. The number of nitrogens with one attached hydrogen (secondary N) is 1. The number of nitrogens with zero attached hydrogens (tertiary/aromatic N) is 2. The van der Waals surface area contributed by atoms with Crippen LogP contribution in [0.1, 0.15) is 28.8 Å². The number of methoxy groups -OCH3 is 2. The minimum absolute atomic E-state index is 0.139. The zero-order chi connectivity index (χ0) is 24.6. The number of carbonyl (C=O) groups is 3. The molecule has 178 valence electrons. The zero-order valence-electron chi connectivity index (χ0n) is 19.5. The van der Waals surface area contributed by atoms with Crippen molar-refractivity contribution in [2.45, 2.75) is 25.0 Å². The van der Waals surface area contributed by atoms with Crippen molar-refractivity contribution in [3.8, 4) is 11.5 Å². The fourth-order valence-corrected chi connectivity index (χ4v) is 4.89. The van der Waals surface area contributed by atoms with Gasteiger partial charge in [0.15, 0.2) is 0 Å². The Labute approximate surface area is 203 Å². The van der Waals surface area contributed by atoms with Gasteiger partial charge in [-0.15, -0.1) is 0 Å². The Bertz CT molecular complexity index is 1310. The predicted octanol–water partition coefficient (Wildman–Crippen LogP) is 3.82. The van der Waals surface area contributed by atoms with Crippen LogP contribution in [0.5, 0.6) is 11.5 Å². The summed E-state index contributed by atoms with van der Waals surface area (Å²) in [6.45, 7) is 0.172. The minimum atomic E-state index is -1.52. The molecule has 0 radical (unpaired) electrons. The lowest BCUT2D eigenvalue weighted by atomic mass is 9.94. The molecule has 0 aliphatic carbocycles. The van der Waals surface area contributed by atoms with E-state index in [0.717, 1.165) is 5.56 Å². The summed E-state index contributed by atoms with van der Waals surface area (Å²) in [7, 11) is 3.04. The lowest BCUT2D eigenvalue weighted by Crippen LogP contribution is -2.69. The fourth-order valence-electron chi connectivity index (χ4n) is 4.89. The van der Waals surface area contributed by atoms with Crippen LogP contribution >= 0.6 is 0 Å². The first kappa shape index (κ1) is 22.5. The average molecular weight is 472 g/mol. The van der Waals surface area contributed by atoms with Gasteiger partial charge in [0, 0.05) is 25.5 Å². The normalized spacial score (nSPS) is 18.7. The largest absolute Gasteiger partial charge is 0.497 e. The molecule has 2 aliphatic rings. The lowest BCUT2D eigenvalue weighted by molar-refractivity contribution is -0.129. The van der Waals surface area contributed by atoms with E-state index in [1.165, 1.54) is 16.9 Å². The van der Waals surface area contributed by atoms with Gasteiger partial charge in [-0.3, -0.25) is 19.3 Å². The second-order valence-corrected chi connectivity index (χ2v) is 8.46. The number of para-hydroxylation sites is 1. The number of ether oxygens (including phenoxy) is 2. The van der Waals surface area contributed by atoms with Crippen LogP contribution in [0, 0.1) is 0 Å². The van der Waals surface area contributed by atoms with Crippen molar-refractivity contribution in [3.63, 3.8) is 0 Å². The Morgan fingerprint density at radius 3 is 2.46 bits per heavy atom. The van der Waals surface area contributed by atoms with E-state index in [2.05, 4.69) is 5.32 Å². The molecule has 5 rings (SSSR count). The maximum Gasteiger partial charge on any atom is 0.271 e. The smallest absolute Gasteiger partial charge is 0.271 e. The van der Waals surface area contributed by atoms with E-state index < -0.39 is 11.6 Å². The average Bonchev–Trinajstić information content (AvgIpc) is 3.25. The standard InChI is InChI=1S/C27H25N3O5/c1-34-19-12-13-21(23(16-19)35-2)28-26(33)27-15-14-24(31)30(27)22-11-7-6-10-20(22)25(32)29(27)17-18-8-4-3-5-9-18/h3-13,16H,14-15,17H2,1-2H3,(H,28,33). The van der Waals surface area contributed by atoms with Crippen molar-refractivity contribution in [1.82, 2.24) is 4.90 Å². The summed E-state index contributed by atoms with van der Waals surface area (Å²) in [5.74, 6) is -0.0111. The van der Waals surface area contributed by atoms with Crippen LogP contribution in [-0.4, -0.2) is 42.5 Å². The molecule has 3 aromatic carbocycles. The van der Waals surface area contributed by atoms with Gasteiger partial charge in [0.1, 0.15) is 11.5 Å². The molecule has 8 nitrogen and oxygen atoms in total. The van der Waals surface area contributed by atoms with Crippen molar-refractivity contribution in [3.05, 3.63) is 83.9 Å². The number of benzene rings is 3. The summed E-state index contributed by atoms with van der Waals surface area (Å²) >= 11 is 0. The molecule has 3 aromatic rings. The predicted molar refractivity (Wildman–Crippen MR) is 130 cm³/mol. The maximum absolute atomic E-state index is 14.1. The monoisotopic (exact) mass is 471 g/mol. The van der Waals surface area contributed by atoms with Crippen molar-refractivity contribution in [1.29, 1.82) is 0 Å². The summed E-state index contributed by atoms with van der Waals surface area (Å²) < 4.78 is 10.7. The minimum Gasteiger partial charge on any atom is -0.497 e. The van der Waals surface area contributed by atoms with Gasteiger partial charge in [0.25, 0.3) is 11.8 Å². The Hall–Kier alpha value is -4.33. The molecule has 0 aromatic heterocycles. The highest BCUT2D eigenvalue weighted by Gasteiger charge is 2.60. The number of carbonyl (C=O) groups excluding carboxylic acids is 3. The Balaban J connectivity index is 1.63. The summed E-state index contributed by atoms with van der Waals surface area (Å²) in [5.41, 5.74) is 0.584. The van der Waals surface area contributed by atoms with Gasteiger partial charge < -0.3 is 19.7 Å². The highest BCUT2D eigenvalue weighted by Crippen LogP contribution is 2.46. The zero-order valence-corrected chi connectivity index (χ0v) is 19.5. The Morgan fingerprint density at radius 1 is 0.971 bits per heavy atom. The second-order valence-electron chi connectivity index (χ2n) is 8.46. The molecule has 0 spiro atoms. The van der Waals surface area contributed by atoms with Crippen LogP contribution in [0.2, 0.25) is 0 Å². The molecule has 1 atom stereocenters. The molecule has 0 bridgehead atoms. The number of hydrogen-bond donors (Lipinski definition) is 1. The van der Waals surface area contributed by atoms with Crippen molar-refractivity contribution in [2.24, 2.45) is 0 Å². The van der Waals surface area contributed by atoms with Crippen molar-refractivity contribution < 1.29 is 23.9 Å². The van der Waals surface area contributed by atoms with Gasteiger partial charge in [-0.1, -0.05) is 42.5 Å². The number of fused-ring (bicyclic) bond motifs is 3. The molecule has 1 N–H and O–H groups in total. The third-order valence-corrected chi connectivity index (χ3v) is 6.58. The number of amides is 3. The molecule has 1 unspecified atom stereocenters. The van der Waals surface area contributed by atoms with E-state index >= 15 is 0 Å². The lowest BCUT2D eigenvalue weighted by Gasteiger charge is -2.49. The quantitative estimate of drug-likeness (QED) is 0.591. The van der Waals surface area contributed by atoms with E-state index in [4.69, 9.17) is 9.47 Å². The SMILES string of the molecule is COc1ccc(NC(=O)C23CCC(=O)N2c2ccccc2C(=O)N3Cc2ccccc2)c(OC)c1. The Morgan fingerprint density at radius 2 is 1.71 bits per heavy atom. The second kappa shape index (κ2) is 8.79. The van der Waals surface area contributed by atoms with Gasteiger partial charge in [-0.05, 0) is 29.8 Å². The summed E-state index contributed by atoms with van der Waals surface area (Å²) in [4.78, 5) is 44.1. The molecule has 3 amide bonds. The molecular weight excluding hydrogens is 446 g/mol. The first-order valence-electron chi connectivity index (χ1n) is 11.3. The van der Waals surface area contributed by atoms with Crippen molar-refractivity contribution in [2.75, 3.05) is 24.4 Å². The number of anilines is 2. The highest BCUT2D eigenvalue weighted by molar-refractivity contribution is 6.18. The third-order valence-electron chi connectivity index (χ3n) is 6.58. The summed E-state index contributed by atoms with van der Waals surface area (Å²) in [6, 6.07) is 21.4. The third kappa shape index (κ3) is 3.58. The van der Waals surface area contributed by atoms with Gasteiger partial charge in [0.05, 0.1) is 31.2 Å². The first-order valence-corrected chi connectivity index (χ1v) is 11.3. The van der Waals surface area contributed by atoms with E-state index in [1.807, 2.05) is 30.3 Å². The molecule has 2 heterocycles. The topological polar surface area (TPSA) is 88.2 Å². The summed E-state index contributed by atoms with van der Waals surface area (Å²) in [5, 5.41) is 2.93. The van der Waals surface area contributed by atoms with E-state index in [-0.39, 0.29) is 31.2 Å². The van der Waals surface area contributed by atoms with Crippen molar-refractivity contribution >= 4 is 29.1 Å². The van der Waals surface area contributed by atoms with Crippen LogP contribution in [0.25, 0.3) is 0 Å². The molecule has 1 fully saturated rings. The molecule has 0 saturated carbocycles. The van der Waals surface area contributed by atoms with Crippen LogP contribution in [0.4, 0.5) is 11.4 Å². The maximum atomic E-state index is 14.1. The summed E-state index contributed by atoms with van der Waals surface area (Å²) in [6.07, 6.45) is 0.309. The fraction of sp³-hybridized carbons (Fsp3) is 0.222. The number of hydrogen-bond acceptors (Lipinski definition) is 5. The first-order chi connectivity index (χ1) is 17.0. The van der Waals surface area contributed by atoms with Gasteiger partial charge in [-0.2, -0.15) is 0 Å². The van der Waals surface area contributed by atoms with E-state index in [1.54, 1.807) is 49.6 Å². The van der Waals surface area contributed by atoms with Gasteiger partial charge in [-0.25, -0.2) is 0 Å². The number of rotatable bonds is 6. The van der Waals surface area contributed by atoms with E-state index in [0.29, 0.717) is 28.4 Å². The van der Waals surface area contributed by atoms with Gasteiger partial charge >= 0.3 is 0 Å². The van der Waals surface area contributed by atoms with Gasteiger partial charge in [0.2, 0.25) is 11.6 Å². The van der Waals surface area contributed by atoms with Crippen LogP contribution in [-0.2, 0) is 16.1 Å². The van der Waals surface area contributed by atoms with Crippen LogP contribution in [0.3, 0.4) is 0 Å². The molecule has 35 heavy (non-hydrogen) atoms. The molecule has 8 heteroatoms. The highest BCUT2D eigenvalue weighted by atomic mass is 16.5. The van der Waals surface area contributed by atoms with E-state index in [9.17, 15) is 14.4 Å². The molecular formula is C27H25N3O5. The molecule has 2 aliphatic heterocycles. The molecule has 1 saturated heterocycles. The van der Waals surface area contributed by atoms with Crippen LogP contribution < -0.4 is 19.7 Å². The van der Waals surface area contributed by atoms with Crippen LogP contribution in [0.15, 0.2) is 72.8 Å².